The fraction of sp³-hybridized carbons (Fsp3) is 0.438. The molecule has 0 saturated carbocycles. The second-order valence-electron chi connectivity index (χ2n) is 5.27. The van der Waals surface area contributed by atoms with Crippen molar-refractivity contribution in [1.29, 1.82) is 0 Å². The molecule has 5 nitrogen and oxygen atoms in total. The third-order valence-electron chi connectivity index (χ3n) is 3.11. The van der Waals surface area contributed by atoms with Gasteiger partial charge in [0.1, 0.15) is 5.75 Å². The fourth-order valence-corrected chi connectivity index (χ4v) is 2.12. The van der Waals surface area contributed by atoms with Crippen LogP contribution in [0.2, 0.25) is 0 Å². The van der Waals surface area contributed by atoms with Gasteiger partial charge in [-0.2, -0.15) is 0 Å². The Kier molecular flexibility index (Phi) is 5.63. The van der Waals surface area contributed by atoms with E-state index < -0.39 is 0 Å². The standard InChI is InChI=1S/C16H23N3O2/c1-13(2)21-15-8-4-3-7-14(15)18-16(20)17-9-12-19-10-5-6-11-19/h3-8,13H,9-12H2,1-2H3,(H2,17,18,20). The molecule has 1 aliphatic rings. The number of rotatable bonds is 6. The van der Waals surface area contributed by atoms with Crippen molar-refractivity contribution in [2.24, 2.45) is 0 Å². The lowest BCUT2D eigenvalue weighted by Crippen LogP contribution is -2.36. The summed E-state index contributed by atoms with van der Waals surface area (Å²) < 4.78 is 5.67. The molecule has 2 amide bonds. The van der Waals surface area contributed by atoms with Crippen LogP contribution in [-0.4, -0.2) is 43.2 Å². The van der Waals surface area contributed by atoms with Crippen molar-refractivity contribution in [2.45, 2.75) is 20.0 Å². The van der Waals surface area contributed by atoms with Gasteiger partial charge in [-0.05, 0) is 26.0 Å². The van der Waals surface area contributed by atoms with E-state index in [1.165, 1.54) is 0 Å². The third-order valence-corrected chi connectivity index (χ3v) is 3.11. The van der Waals surface area contributed by atoms with Crippen LogP contribution in [0.4, 0.5) is 10.5 Å². The molecule has 0 bridgehead atoms. The lowest BCUT2D eigenvalue weighted by molar-refractivity contribution is 0.241. The zero-order valence-electron chi connectivity index (χ0n) is 12.6. The van der Waals surface area contributed by atoms with Gasteiger partial charge in [0.25, 0.3) is 0 Å². The molecule has 0 spiro atoms. The number of para-hydroxylation sites is 2. The van der Waals surface area contributed by atoms with E-state index in [0.29, 0.717) is 18.0 Å². The number of carbonyl (C=O) groups excluding carboxylic acids is 1. The van der Waals surface area contributed by atoms with Crippen LogP contribution in [0, 0.1) is 0 Å². The summed E-state index contributed by atoms with van der Waals surface area (Å²) in [4.78, 5) is 14.2. The molecule has 0 fully saturated rings. The van der Waals surface area contributed by atoms with Gasteiger partial charge >= 0.3 is 6.03 Å². The molecule has 0 atom stereocenters. The van der Waals surface area contributed by atoms with E-state index >= 15 is 0 Å². The maximum absolute atomic E-state index is 11.9. The first-order valence-electron chi connectivity index (χ1n) is 7.33. The summed E-state index contributed by atoms with van der Waals surface area (Å²) in [6, 6.07) is 7.24. The first-order chi connectivity index (χ1) is 10.1. The fourth-order valence-electron chi connectivity index (χ4n) is 2.12. The van der Waals surface area contributed by atoms with Gasteiger partial charge < -0.3 is 15.4 Å². The van der Waals surface area contributed by atoms with Crippen molar-refractivity contribution in [2.75, 3.05) is 31.5 Å². The van der Waals surface area contributed by atoms with Crippen molar-refractivity contribution in [3.8, 4) is 5.75 Å². The predicted octanol–water partition coefficient (Wildman–Crippen LogP) is 2.47. The van der Waals surface area contributed by atoms with Crippen molar-refractivity contribution < 1.29 is 9.53 Å². The number of benzene rings is 1. The minimum absolute atomic E-state index is 0.0682. The number of nitrogens with one attached hydrogen (secondary N) is 2. The van der Waals surface area contributed by atoms with Crippen molar-refractivity contribution in [3.05, 3.63) is 36.4 Å². The molecule has 2 N–H and O–H groups in total. The highest BCUT2D eigenvalue weighted by atomic mass is 16.5. The Bertz CT molecular complexity index is 492. The van der Waals surface area contributed by atoms with E-state index in [1.54, 1.807) is 0 Å². The molecule has 0 unspecified atom stereocenters. The minimum Gasteiger partial charge on any atom is -0.489 e. The Hall–Kier alpha value is -2.01. The van der Waals surface area contributed by atoms with E-state index in [0.717, 1.165) is 19.6 Å². The molecule has 1 heterocycles. The molecular weight excluding hydrogens is 266 g/mol. The maximum atomic E-state index is 11.9. The second kappa shape index (κ2) is 7.69. The Morgan fingerprint density at radius 2 is 2.00 bits per heavy atom. The topological polar surface area (TPSA) is 53.6 Å². The summed E-state index contributed by atoms with van der Waals surface area (Å²) in [7, 11) is 0. The van der Waals surface area contributed by atoms with Gasteiger partial charge in [0.2, 0.25) is 0 Å². The highest BCUT2D eigenvalue weighted by Crippen LogP contribution is 2.24. The highest BCUT2D eigenvalue weighted by Gasteiger charge is 2.09. The molecule has 1 aromatic carbocycles. The monoisotopic (exact) mass is 289 g/mol. The molecule has 0 saturated heterocycles. The van der Waals surface area contributed by atoms with Gasteiger partial charge in [0.05, 0.1) is 11.8 Å². The van der Waals surface area contributed by atoms with E-state index in [9.17, 15) is 4.79 Å². The number of hydrogen-bond acceptors (Lipinski definition) is 3. The quantitative estimate of drug-likeness (QED) is 0.791. The summed E-state index contributed by atoms with van der Waals surface area (Å²) in [6.45, 7) is 7.33. The molecule has 0 aliphatic carbocycles. The molecule has 1 aliphatic heterocycles. The van der Waals surface area contributed by atoms with Crippen molar-refractivity contribution in [3.63, 3.8) is 0 Å². The Labute approximate surface area is 126 Å². The van der Waals surface area contributed by atoms with Crippen molar-refractivity contribution >= 4 is 11.7 Å². The van der Waals surface area contributed by atoms with Crippen LogP contribution in [0.5, 0.6) is 5.75 Å². The van der Waals surface area contributed by atoms with E-state index in [-0.39, 0.29) is 12.1 Å². The molecule has 2 rings (SSSR count). The average molecular weight is 289 g/mol. The molecule has 114 valence electrons. The summed E-state index contributed by atoms with van der Waals surface area (Å²) in [5, 5.41) is 5.70. The van der Waals surface area contributed by atoms with Crippen LogP contribution in [0.15, 0.2) is 36.4 Å². The van der Waals surface area contributed by atoms with Crippen LogP contribution >= 0.6 is 0 Å². The Morgan fingerprint density at radius 3 is 2.71 bits per heavy atom. The van der Waals surface area contributed by atoms with E-state index in [1.807, 2.05) is 38.1 Å². The lowest BCUT2D eigenvalue weighted by Gasteiger charge is -2.17. The number of nitrogens with zero attached hydrogens (tertiary/aromatic N) is 1. The van der Waals surface area contributed by atoms with Crippen LogP contribution in [0.3, 0.4) is 0 Å². The van der Waals surface area contributed by atoms with Gasteiger partial charge in [0, 0.05) is 26.2 Å². The zero-order valence-corrected chi connectivity index (χ0v) is 12.6. The molecular formula is C16H23N3O2. The van der Waals surface area contributed by atoms with Crippen LogP contribution < -0.4 is 15.4 Å². The lowest BCUT2D eigenvalue weighted by atomic mass is 10.3. The predicted molar refractivity (Wildman–Crippen MR) is 84.8 cm³/mol. The number of hydrogen-bond donors (Lipinski definition) is 2. The molecule has 0 aromatic heterocycles. The summed E-state index contributed by atoms with van der Waals surface area (Å²) in [5.74, 6) is 0.686. The smallest absolute Gasteiger partial charge is 0.319 e. The van der Waals surface area contributed by atoms with E-state index in [2.05, 4.69) is 27.7 Å². The van der Waals surface area contributed by atoms with Crippen LogP contribution in [0.1, 0.15) is 13.8 Å². The first kappa shape index (κ1) is 15.4. The summed E-state index contributed by atoms with van der Waals surface area (Å²) in [5.41, 5.74) is 0.687. The van der Waals surface area contributed by atoms with Gasteiger partial charge in [0.15, 0.2) is 0 Å². The highest BCUT2D eigenvalue weighted by molar-refractivity contribution is 5.90. The summed E-state index contributed by atoms with van der Waals surface area (Å²) >= 11 is 0. The largest absolute Gasteiger partial charge is 0.489 e. The number of urea groups is 1. The third kappa shape index (κ3) is 5.11. The van der Waals surface area contributed by atoms with Gasteiger partial charge in [-0.25, -0.2) is 4.79 Å². The molecule has 0 radical (unpaired) electrons. The average Bonchev–Trinajstić information content (AvgIpc) is 2.93. The SMILES string of the molecule is CC(C)Oc1ccccc1NC(=O)NCCN1CC=CC1. The minimum atomic E-state index is -0.207. The first-order valence-corrected chi connectivity index (χ1v) is 7.33. The number of carbonyl (C=O) groups is 1. The Morgan fingerprint density at radius 1 is 1.29 bits per heavy atom. The Balaban J connectivity index is 1.79. The second-order valence-corrected chi connectivity index (χ2v) is 5.27. The van der Waals surface area contributed by atoms with Gasteiger partial charge in [-0.1, -0.05) is 24.3 Å². The normalized spacial score (nSPS) is 14.4. The molecule has 21 heavy (non-hydrogen) atoms. The van der Waals surface area contributed by atoms with Crippen LogP contribution in [-0.2, 0) is 0 Å². The van der Waals surface area contributed by atoms with Crippen molar-refractivity contribution in [1.82, 2.24) is 10.2 Å². The molecule has 1 aromatic rings. The number of anilines is 1. The summed E-state index contributed by atoms with van der Waals surface area (Å²) in [6.07, 6.45) is 4.35. The van der Waals surface area contributed by atoms with Crippen LogP contribution in [0.25, 0.3) is 0 Å². The number of ether oxygens (including phenoxy) is 1. The zero-order chi connectivity index (χ0) is 15.1. The van der Waals surface area contributed by atoms with E-state index in [4.69, 9.17) is 4.74 Å². The van der Waals surface area contributed by atoms with Gasteiger partial charge in [-0.3, -0.25) is 4.90 Å². The number of amides is 2. The maximum Gasteiger partial charge on any atom is 0.319 e. The molecule has 5 heteroatoms. The van der Waals surface area contributed by atoms with Gasteiger partial charge in [-0.15, -0.1) is 0 Å².